The number of nitro groups is 1. The number of hydrogen-bond donors (Lipinski definition) is 2. The van der Waals surface area contributed by atoms with Gasteiger partial charge in [-0.05, 0) is 43.7 Å². The Balaban J connectivity index is 2.00. The molecule has 3 aromatic rings. The third-order valence-electron chi connectivity index (χ3n) is 4.92. The van der Waals surface area contributed by atoms with Gasteiger partial charge in [0.2, 0.25) is 0 Å². The van der Waals surface area contributed by atoms with Gasteiger partial charge >= 0.3 is 16.9 Å². The molecule has 32 heavy (non-hydrogen) atoms. The molecule has 0 spiro atoms. The SMILES string of the molecule is CCN(CC)c1ccc(C=Cc2[nH]c(=O)[nH]c(=O)c2[N+](=O)[O-])c(OCc2ccccc2)c1. The van der Waals surface area contributed by atoms with Crippen molar-refractivity contribution >= 4 is 23.5 Å². The van der Waals surface area contributed by atoms with Crippen LogP contribution in [0.3, 0.4) is 0 Å². The van der Waals surface area contributed by atoms with Gasteiger partial charge in [0.05, 0.1) is 4.92 Å². The second-order valence-corrected chi connectivity index (χ2v) is 6.93. The minimum absolute atomic E-state index is 0.189. The molecule has 0 saturated carbocycles. The maximum atomic E-state index is 11.8. The van der Waals surface area contributed by atoms with E-state index in [-0.39, 0.29) is 5.69 Å². The molecule has 0 atom stereocenters. The van der Waals surface area contributed by atoms with Gasteiger partial charge in [0.25, 0.3) is 0 Å². The quantitative estimate of drug-likeness (QED) is 0.391. The molecule has 0 aliphatic carbocycles. The van der Waals surface area contributed by atoms with Gasteiger partial charge in [-0.15, -0.1) is 0 Å². The van der Waals surface area contributed by atoms with Crippen molar-refractivity contribution < 1.29 is 9.66 Å². The van der Waals surface area contributed by atoms with E-state index in [1.807, 2.05) is 53.5 Å². The molecule has 0 saturated heterocycles. The van der Waals surface area contributed by atoms with Crippen LogP contribution in [0.1, 0.15) is 30.7 Å². The highest BCUT2D eigenvalue weighted by Gasteiger charge is 2.19. The standard InChI is InChI=1S/C23H24N4O5/c1-3-26(4-2)18-12-10-17(20(14-18)32-15-16-8-6-5-7-9-16)11-13-19-21(27(30)31)22(28)25-23(29)24-19/h5-14H,3-4,15H2,1-2H3,(H2,24,25,28,29). The van der Waals surface area contributed by atoms with Gasteiger partial charge in [-0.2, -0.15) is 0 Å². The van der Waals surface area contributed by atoms with Crippen molar-refractivity contribution in [2.75, 3.05) is 18.0 Å². The molecule has 1 heterocycles. The number of nitrogens with one attached hydrogen (secondary N) is 2. The fourth-order valence-corrected chi connectivity index (χ4v) is 3.28. The summed E-state index contributed by atoms with van der Waals surface area (Å²) in [6, 6.07) is 15.3. The van der Waals surface area contributed by atoms with E-state index in [2.05, 4.69) is 23.7 Å². The molecule has 0 bridgehead atoms. The molecule has 0 radical (unpaired) electrons. The summed E-state index contributed by atoms with van der Waals surface area (Å²) < 4.78 is 6.06. The number of hydrogen-bond acceptors (Lipinski definition) is 6. The monoisotopic (exact) mass is 436 g/mol. The van der Waals surface area contributed by atoms with Gasteiger partial charge in [-0.25, -0.2) is 4.79 Å². The minimum Gasteiger partial charge on any atom is -0.488 e. The lowest BCUT2D eigenvalue weighted by Gasteiger charge is -2.22. The maximum Gasteiger partial charge on any atom is 0.357 e. The summed E-state index contributed by atoms with van der Waals surface area (Å²) in [6.45, 7) is 6.11. The van der Waals surface area contributed by atoms with Gasteiger partial charge in [-0.1, -0.05) is 30.3 Å². The zero-order valence-electron chi connectivity index (χ0n) is 17.8. The van der Waals surface area contributed by atoms with Crippen molar-refractivity contribution in [3.8, 4) is 5.75 Å². The first kappa shape index (κ1) is 22.5. The van der Waals surface area contributed by atoms with Crippen LogP contribution in [0, 0.1) is 10.1 Å². The van der Waals surface area contributed by atoms with E-state index in [0.717, 1.165) is 24.3 Å². The van der Waals surface area contributed by atoms with Crippen LogP contribution in [0.25, 0.3) is 12.2 Å². The Morgan fingerprint density at radius 1 is 1.03 bits per heavy atom. The molecule has 2 N–H and O–H groups in total. The largest absolute Gasteiger partial charge is 0.488 e. The summed E-state index contributed by atoms with van der Waals surface area (Å²) in [5.41, 5.74) is -0.185. The van der Waals surface area contributed by atoms with Crippen LogP contribution in [0.2, 0.25) is 0 Å². The van der Waals surface area contributed by atoms with Crippen LogP contribution in [0.4, 0.5) is 11.4 Å². The van der Waals surface area contributed by atoms with Crippen LogP contribution >= 0.6 is 0 Å². The van der Waals surface area contributed by atoms with Crippen LogP contribution in [-0.4, -0.2) is 28.0 Å². The predicted molar refractivity (Wildman–Crippen MR) is 124 cm³/mol. The molecule has 2 aromatic carbocycles. The van der Waals surface area contributed by atoms with Crippen molar-refractivity contribution in [1.29, 1.82) is 0 Å². The lowest BCUT2D eigenvalue weighted by atomic mass is 10.1. The summed E-state index contributed by atoms with van der Waals surface area (Å²) in [5, 5.41) is 11.3. The van der Waals surface area contributed by atoms with Crippen LogP contribution in [0.15, 0.2) is 58.1 Å². The van der Waals surface area contributed by atoms with E-state index >= 15 is 0 Å². The second kappa shape index (κ2) is 10.3. The van der Waals surface area contributed by atoms with E-state index < -0.39 is 21.9 Å². The lowest BCUT2D eigenvalue weighted by molar-refractivity contribution is -0.386. The van der Waals surface area contributed by atoms with Gasteiger partial charge in [0.15, 0.2) is 0 Å². The number of H-pyrrole nitrogens is 2. The third-order valence-corrected chi connectivity index (χ3v) is 4.92. The normalized spacial score (nSPS) is 10.9. The first-order valence-corrected chi connectivity index (χ1v) is 10.2. The average Bonchev–Trinajstić information content (AvgIpc) is 2.77. The fraction of sp³-hybridized carbons (Fsp3) is 0.217. The number of anilines is 1. The summed E-state index contributed by atoms with van der Waals surface area (Å²) >= 11 is 0. The summed E-state index contributed by atoms with van der Waals surface area (Å²) in [5.74, 6) is 0.573. The summed E-state index contributed by atoms with van der Waals surface area (Å²) in [6.07, 6.45) is 2.90. The van der Waals surface area contributed by atoms with Gasteiger partial charge in [0, 0.05) is 30.4 Å². The number of benzene rings is 2. The summed E-state index contributed by atoms with van der Waals surface area (Å²) in [4.78, 5) is 40.2. The van der Waals surface area contributed by atoms with E-state index in [1.165, 1.54) is 6.08 Å². The van der Waals surface area contributed by atoms with E-state index in [4.69, 9.17) is 4.74 Å². The lowest BCUT2D eigenvalue weighted by Crippen LogP contribution is -2.25. The average molecular weight is 436 g/mol. The van der Waals surface area contributed by atoms with Crippen LogP contribution < -0.4 is 20.9 Å². The number of rotatable bonds is 9. The van der Waals surface area contributed by atoms with Crippen molar-refractivity contribution in [2.45, 2.75) is 20.5 Å². The van der Waals surface area contributed by atoms with E-state index in [0.29, 0.717) is 17.9 Å². The molecule has 0 aliphatic heterocycles. The highest BCUT2D eigenvalue weighted by atomic mass is 16.6. The number of aromatic nitrogens is 2. The highest BCUT2D eigenvalue weighted by molar-refractivity contribution is 5.75. The predicted octanol–water partition coefficient (Wildman–Crippen LogP) is 3.57. The van der Waals surface area contributed by atoms with Gasteiger partial charge < -0.3 is 14.6 Å². The maximum absolute atomic E-state index is 11.8. The summed E-state index contributed by atoms with van der Waals surface area (Å²) in [7, 11) is 0. The first-order valence-electron chi connectivity index (χ1n) is 10.2. The topological polar surface area (TPSA) is 121 Å². The molecule has 1 aromatic heterocycles. The highest BCUT2D eigenvalue weighted by Crippen LogP contribution is 2.28. The van der Waals surface area contributed by atoms with Crippen molar-refractivity contribution in [1.82, 2.24) is 9.97 Å². The Kier molecular flexibility index (Phi) is 7.22. The Morgan fingerprint density at radius 3 is 2.41 bits per heavy atom. The second-order valence-electron chi connectivity index (χ2n) is 6.93. The fourth-order valence-electron chi connectivity index (χ4n) is 3.28. The number of aromatic amines is 2. The Bertz CT molecular complexity index is 1230. The molecular formula is C23H24N4O5. The molecule has 9 heteroatoms. The van der Waals surface area contributed by atoms with Crippen LogP contribution in [-0.2, 0) is 6.61 Å². The Hall–Kier alpha value is -4.14. The molecule has 0 amide bonds. The first-order chi connectivity index (χ1) is 15.4. The molecule has 166 valence electrons. The van der Waals surface area contributed by atoms with Gasteiger partial charge in [0.1, 0.15) is 18.1 Å². The third kappa shape index (κ3) is 5.31. The van der Waals surface area contributed by atoms with E-state index in [1.54, 1.807) is 6.08 Å². The van der Waals surface area contributed by atoms with Crippen molar-refractivity contribution in [2.24, 2.45) is 0 Å². The van der Waals surface area contributed by atoms with Crippen molar-refractivity contribution in [3.63, 3.8) is 0 Å². The molecule has 0 unspecified atom stereocenters. The van der Waals surface area contributed by atoms with E-state index in [9.17, 15) is 19.7 Å². The molecule has 0 aliphatic rings. The zero-order valence-corrected chi connectivity index (χ0v) is 17.8. The molecule has 0 fully saturated rings. The minimum atomic E-state index is -1.06. The van der Waals surface area contributed by atoms with Gasteiger partial charge in [-0.3, -0.25) is 19.9 Å². The molecular weight excluding hydrogens is 412 g/mol. The number of nitrogens with zero attached hydrogens (tertiary/aromatic N) is 2. The Labute approximate surface area is 184 Å². The number of ether oxygens (including phenoxy) is 1. The molecule has 3 rings (SSSR count). The Morgan fingerprint density at radius 2 is 1.75 bits per heavy atom. The zero-order chi connectivity index (χ0) is 23.1. The van der Waals surface area contributed by atoms with Crippen LogP contribution in [0.5, 0.6) is 5.75 Å². The smallest absolute Gasteiger partial charge is 0.357 e. The van der Waals surface area contributed by atoms with Crippen molar-refractivity contribution in [3.05, 3.63) is 96.3 Å². The molecule has 9 nitrogen and oxygen atoms in total.